The summed E-state index contributed by atoms with van der Waals surface area (Å²) in [5.41, 5.74) is 0. The van der Waals surface area contributed by atoms with Crippen LogP contribution >= 0.6 is 0 Å². The van der Waals surface area contributed by atoms with Crippen molar-refractivity contribution in [2.24, 2.45) is 0 Å². The average molecular weight is 204 g/mol. The van der Waals surface area contributed by atoms with Crippen LogP contribution < -0.4 is 0 Å². The first-order valence-corrected chi connectivity index (χ1v) is 4.53. The van der Waals surface area contributed by atoms with E-state index in [1.165, 1.54) is 0 Å². The Morgan fingerprint density at radius 1 is 1.07 bits per heavy atom. The summed E-state index contributed by atoms with van der Waals surface area (Å²) >= 11 is 0. The van der Waals surface area contributed by atoms with Crippen molar-refractivity contribution in [2.45, 2.75) is 36.9 Å². The van der Waals surface area contributed by atoms with Crippen LogP contribution in [0.1, 0.15) is 6.42 Å². The lowest BCUT2D eigenvalue weighted by Crippen LogP contribution is -2.58. The van der Waals surface area contributed by atoms with E-state index in [1.807, 2.05) is 0 Å². The maximum Gasteiger partial charge on any atom is 0.111 e. The molecular weight excluding hydrogens is 188 g/mol. The van der Waals surface area contributed by atoms with Crippen molar-refractivity contribution in [1.29, 1.82) is 0 Å². The molecule has 0 spiro atoms. The lowest BCUT2D eigenvalue weighted by atomic mass is 9.94. The minimum absolute atomic E-state index is 0.363. The van der Waals surface area contributed by atoms with Gasteiger partial charge < -0.3 is 25.2 Å². The van der Waals surface area contributed by atoms with Crippen LogP contribution in [0.4, 0.5) is 0 Å². The lowest BCUT2D eigenvalue weighted by Gasteiger charge is -2.39. The summed E-state index contributed by atoms with van der Waals surface area (Å²) in [5.74, 6) is 0. The molecule has 0 aliphatic carbocycles. The first kappa shape index (κ1) is 11.6. The van der Waals surface area contributed by atoms with E-state index in [1.54, 1.807) is 6.08 Å². The molecule has 1 aliphatic rings. The first-order chi connectivity index (χ1) is 6.61. The maximum atomic E-state index is 9.49. The van der Waals surface area contributed by atoms with Crippen LogP contribution in [0.3, 0.4) is 0 Å². The van der Waals surface area contributed by atoms with Crippen LogP contribution in [-0.2, 0) is 4.74 Å². The van der Waals surface area contributed by atoms with Gasteiger partial charge in [0.05, 0.1) is 12.7 Å². The number of hydrogen-bond donors (Lipinski definition) is 4. The zero-order valence-electron chi connectivity index (χ0n) is 7.78. The highest BCUT2D eigenvalue weighted by atomic mass is 16.5. The van der Waals surface area contributed by atoms with Gasteiger partial charge in [0.1, 0.15) is 24.4 Å². The summed E-state index contributed by atoms with van der Waals surface area (Å²) in [6.07, 6.45) is -3.25. The summed E-state index contributed by atoms with van der Waals surface area (Å²) in [6.45, 7) is 3.10. The van der Waals surface area contributed by atoms with Gasteiger partial charge in [0.15, 0.2) is 0 Å². The van der Waals surface area contributed by atoms with Gasteiger partial charge >= 0.3 is 0 Å². The fourth-order valence-corrected chi connectivity index (χ4v) is 1.54. The molecule has 5 nitrogen and oxygen atoms in total. The molecule has 0 saturated carbocycles. The molecule has 1 aliphatic heterocycles. The number of ether oxygens (including phenoxy) is 1. The quantitative estimate of drug-likeness (QED) is 0.416. The number of rotatable bonds is 3. The highest BCUT2D eigenvalue weighted by Gasteiger charge is 2.42. The van der Waals surface area contributed by atoms with Gasteiger partial charge in [-0.2, -0.15) is 0 Å². The molecule has 4 N–H and O–H groups in total. The third kappa shape index (κ3) is 2.13. The Morgan fingerprint density at radius 2 is 1.64 bits per heavy atom. The van der Waals surface area contributed by atoms with Crippen LogP contribution in [0.5, 0.6) is 0 Å². The van der Waals surface area contributed by atoms with E-state index in [4.69, 9.17) is 9.84 Å². The summed E-state index contributed by atoms with van der Waals surface area (Å²) in [4.78, 5) is 0. The van der Waals surface area contributed by atoms with E-state index in [9.17, 15) is 15.3 Å². The van der Waals surface area contributed by atoms with Gasteiger partial charge in [-0.15, -0.1) is 6.58 Å². The molecule has 1 rings (SSSR count). The third-order valence-corrected chi connectivity index (χ3v) is 2.39. The topological polar surface area (TPSA) is 90.2 Å². The van der Waals surface area contributed by atoms with Gasteiger partial charge in [0, 0.05) is 0 Å². The zero-order chi connectivity index (χ0) is 10.7. The zero-order valence-corrected chi connectivity index (χ0v) is 7.78. The molecule has 0 aromatic carbocycles. The fourth-order valence-electron chi connectivity index (χ4n) is 1.54. The molecular formula is C9H16O5. The molecule has 1 saturated heterocycles. The normalized spacial score (nSPS) is 43.6. The highest BCUT2D eigenvalue weighted by molar-refractivity contribution is 4.94. The number of aliphatic hydroxyl groups is 4. The third-order valence-electron chi connectivity index (χ3n) is 2.39. The van der Waals surface area contributed by atoms with Gasteiger partial charge in [-0.05, 0) is 6.42 Å². The van der Waals surface area contributed by atoms with Crippen LogP contribution in [0.25, 0.3) is 0 Å². The standard InChI is InChI=1S/C9H16O5/c1-2-3-5-7(11)9(13)8(12)6(4-10)14-5/h2,5-13H,1,3-4H2/t5-,6-,7-,8-,9-/m1/s1. The SMILES string of the molecule is C=CC[C@H]1O[C@H](CO)[C@@H](O)[C@H](O)[C@@H]1O. The summed E-state index contributed by atoms with van der Waals surface area (Å²) < 4.78 is 5.19. The molecule has 1 fully saturated rings. The Bertz CT molecular complexity index is 194. The van der Waals surface area contributed by atoms with Crippen LogP contribution in [0, 0.1) is 0 Å². The molecule has 5 atom stereocenters. The lowest BCUT2D eigenvalue weighted by molar-refractivity contribution is -0.227. The molecule has 0 aromatic rings. The fraction of sp³-hybridized carbons (Fsp3) is 0.778. The van der Waals surface area contributed by atoms with Crippen LogP contribution in [0.15, 0.2) is 12.7 Å². The van der Waals surface area contributed by atoms with E-state index in [-0.39, 0.29) is 0 Å². The Labute approximate surface area is 82.3 Å². The second-order valence-electron chi connectivity index (χ2n) is 3.39. The van der Waals surface area contributed by atoms with Crippen molar-refractivity contribution in [3.8, 4) is 0 Å². The second kappa shape index (κ2) is 4.86. The van der Waals surface area contributed by atoms with Crippen molar-refractivity contribution in [3.05, 3.63) is 12.7 Å². The molecule has 1 heterocycles. The molecule has 0 unspecified atom stereocenters. The summed E-state index contributed by atoms with van der Waals surface area (Å²) in [7, 11) is 0. The average Bonchev–Trinajstić information content (AvgIpc) is 2.19. The molecule has 5 heteroatoms. The largest absolute Gasteiger partial charge is 0.394 e. The van der Waals surface area contributed by atoms with Gasteiger partial charge in [0.2, 0.25) is 0 Å². The smallest absolute Gasteiger partial charge is 0.111 e. The highest BCUT2D eigenvalue weighted by Crippen LogP contribution is 2.22. The molecule has 0 bridgehead atoms. The first-order valence-electron chi connectivity index (χ1n) is 4.53. The summed E-state index contributed by atoms with van der Waals surface area (Å²) in [6, 6.07) is 0. The summed E-state index contributed by atoms with van der Waals surface area (Å²) in [5, 5.41) is 37.1. The van der Waals surface area contributed by atoms with Crippen molar-refractivity contribution in [1.82, 2.24) is 0 Å². The maximum absolute atomic E-state index is 9.49. The van der Waals surface area contributed by atoms with Crippen molar-refractivity contribution >= 4 is 0 Å². The Morgan fingerprint density at radius 3 is 2.14 bits per heavy atom. The van der Waals surface area contributed by atoms with Gasteiger partial charge in [-0.3, -0.25) is 0 Å². The molecule has 14 heavy (non-hydrogen) atoms. The van der Waals surface area contributed by atoms with E-state index in [2.05, 4.69) is 6.58 Å². The Hall–Kier alpha value is -0.460. The molecule has 0 aromatic heterocycles. The Balaban J connectivity index is 2.67. The predicted octanol–water partition coefficient (Wildman–Crippen LogP) is -1.60. The minimum atomic E-state index is -1.29. The minimum Gasteiger partial charge on any atom is -0.394 e. The molecule has 0 amide bonds. The number of hydrogen-bond acceptors (Lipinski definition) is 5. The second-order valence-corrected chi connectivity index (χ2v) is 3.39. The van der Waals surface area contributed by atoms with Gasteiger partial charge in [0.25, 0.3) is 0 Å². The monoisotopic (exact) mass is 204 g/mol. The van der Waals surface area contributed by atoms with E-state index >= 15 is 0 Å². The van der Waals surface area contributed by atoms with Gasteiger partial charge in [-0.1, -0.05) is 6.08 Å². The van der Waals surface area contributed by atoms with E-state index in [0.29, 0.717) is 6.42 Å². The molecule has 0 radical (unpaired) electrons. The Kier molecular flexibility index (Phi) is 4.03. The van der Waals surface area contributed by atoms with E-state index in [0.717, 1.165) is 0 Å². The predicted molar refractivity (Wildman–Crippen MR) is 48.6 cm³/mol. The van der Waals surface area contributed by atoms with Crippen LogP contribution in [0.2, 0.25) is 0 Å². The van der Waals surface area contributed by atoms with E-state index < -0.39 is 37.1 Å². The molecule has 82 valence electrons. The van der Waals surface area contributed by atoms with Crippen molar-refractivity contribution in [3.63, 3.8) is 0 Å². The van der Waals surface area contributed by atoms with Gasteiger partial charge in [-0.25, -0.2) is 0 Å². The van der Waals surface area contributed by atoms with Crippen molar-refractivity contribution < 1.29 is 25.2 Å². The van der Waals surface area contributed by atoms with Crippen LogP contribution in [-0.4, -0.2) is 57.6 Å². The van der Waals surface area contributed by atoms with Crippen molar-refractivity contribution in [2.75, 3.05) is 6.61 Å². The number of aliphatic hydroxyl groups excluding tert-OH is 4.